The van der Waals surface area contributed by atoms with E-state index in [2.05, 4.69) is 24.1 Å². The summed E-state index contributed by atoms with van der Waals surface area (Å²) in [5.41, 5.74) is 3.32. The van der Waals surface area contributed by atoms with Gasteiger partial charge in [-0.2, -0.15) is 0 Å². The van der Waals surface area contributed by atoms with Crippen LogP contribution in [-0.2, 0) is 0 Å². The van der Waals surface area contributed by atoms with E-state index in [4.69, 9.17) is 11.6 Å². The summed E-state index contributed by atoms with van der Waals surface area (Å²) in [7, 11) is 0. The van der Waals surface area contributed by atoms with Gasteiger partial charge in [0.1, 0.15) is 0 Å². The normalized spacial score (nSPS) is 12.2. The molecule has 1 unspecified atom stereocenters. The van der Waals surface area contributed by atoms with Crippen LogP contribution in [0.3, 0.4) is 0 Å². The molecule has 0 fully saturated rings. The predicted octanol–water partition coefficient (Wildman–Crippen LogP) is 4.22. The highest BCUT2D eigenvalue weighted by Gasteiger charge is 2.09. The second kappa shape index (κ2) is 5.19. The van der Waals surface area contributed by atoms with Crippen LogP contribution in [0.1, 0.15) is 24.1 Å². The minimum atomic E-state index is 0.159. The molecule has 1 N–H and O–H groups in total. The van der Waals surface area contributed by atoms with E-state index in [1.807, 2.05) is 36.5 Å². The molecule has 2 rings (SSSR count). The number of rotatable bonds is 3. The third-order valence-corrected chi connectivity index (χ3v) is 3.13. The van der Waals surface area contributed by atoms with E-state index in [1.165, 1.54) is 5.56 Å². The predicted molar refractivity (Wildman–Crippen MR) is 72.5 cm³/mol. The Kier molecular flexibility index (Phi) is 3.64. The van der Waals surface area contributed by atoms with Crippen LogP contribution in [0.5, 0.6) is 0 Å². The molecule has 0 aliphatic heterocycles. The molecule has 3 heteroatoms. The lowest BCUT2D eigenvalue weighted by Gasteiger charge is -2.18. The van der Waals surface area contributed by atoms with Gasteiger partial charge < -0.3 is 5.32 Å². The van der Waals surface area contributed by atoms with Crippen LogP contribution in [0.2, 0.25) is 5.02 Å². The van der Waals surface area contributed by atoms with Gasteiger partial charge in [0.2, 0.25) is 0 Å². The van der Waals surface area contributed by atoms with Gasteiger partial charge in [-0.05, 0) is 37.1 Å². The Morgan fingerprint density at radius 1 is 1.24 bits per heavy atom. The lowest BCUT2D eigenvalue weighted by atomic mass is 10.1. The number of pyridine rings is 1. The van der Waals surface area contributed by atoms with E-state index < -0.39 is 0 Å². The van der Waals surface area contributed by atoms with E-state index in [0.29, 0.717) is 0 Å². The molecule has 0 spiro atoms. The van der Waals surface area contributed by atoms with Crippen LogP contribution in [0.25, 0.3) is 0 Å². The van der Waals surface area contributed by atoms with Crippen LogP contribution in [0.15, 0.2) is 42.7 Å². The zero-order valence-electron chi connectivity index (χ0n) is 9.94. The van der Waals surface area contributed by atoms with Crippen molar-refractivity contribution in [1.82, 2.24) is 4.98 Å². The SMILES string of the molecule is Cc1ccncc1NC(C)c1ccccc1Cl. The highest BCUT2D eigenvalue weighted by Crippen LogP contribution is 2.26. The number of benzene rings is 1. The summed E-state index contributed by atoms with van der Waals surface area (Å²) >= 11 is 6.17. The van der Waals surface area contributed by atoms with Gasteiger partial charge in [-0.15, -0.1) is 0 Å². The van der Waals surface area contributed by atoms with E-state index in [1.54, 1.807) is 6.20 Å². The Balaban J connectivity index is 2.20. The summed E-state index contributed by atoms with van der Waals surface area (Å²) in [6, 6.07) is 10.0. The van der Waals surface area contributed by atoms with Gasteiger partial charge in [0.15, 0.2) is 0 Å². The van der Waals surface area contributed by atoms with Crippen molar-refractivity contribution in [2.75, 3.05) is 5.32 Å². The van der Waals surface area contributed by atoms with Gasteiger partial charge in [0.05, 0.1) is 17.9 Å². The van der Waals surface area contributed by atoms with Crippen LogP contribution in [0.4, 0.5) is 5.69 Å². The summed E-state index contributed by atoms with van der Waals surface area (Å²) in [6.45, 7) is 4.15. The smallest absolute Gasteiger partial charge is 0.0561 e. The highest BCUT2D eigenvalue weighted by molar-refractivity contribution is 6.31. The third-order valence-electron chi connectivity index (χ3n) is 2.78. The number of anilines is 1. The average molecular weight is 247 g/mol. The number of nitrogens with zero attached hydrogens (tertiary/aromatic N) is 1. The van der Waals surface area contributed by atoms with Crippen molar-refractivity contribution >= 4 is 17.3 Å². The molecule has 2 nitrogen and oxygen atoms in total. The second-order valence-corrected chi connectivity index (χ2v) is 4.49. The lowest BCUT2D eigenvalue weighted by molar-refractivity contribution is 0.881. The Labute approximate surface area is 107 Å². The first-order valence-electron chi connectivity index (χ1n) is 5.60. The first-order valence-corrected chi connectivity index (χ1v) is 5.98. The number of hydrogen-bond donors (Lipinski definition) is 1. The Morgan fingerprint density at radius 3 is 2.71 bits per heavy atom. The second-order valence-electron chi connectivity index (χ2n) is 4.08. The summed E-state index contributed by atoms with van der Waals surface area (Å²) in [5.74, 6) is 0. The van der Waals surface area contributed by atoms with Crippen molar-refractivity contribution in [3.05, 3.63) is 58.9 Å². The van der Waals surface area contributed by atoms with Gasteiger partial charge in [-0.25, -0.2) is 0 Å². The number of aryl methyl sites for hydroxylation is 1. The first kappa shape index (κ1) is 11.9. The van der Waals surface area contributed by atoms with Gasteiger partial charge in [0.25, 0.3) is 0 Å². The molecular formula is C14H15ClN2. The van der Waals surface area contributed by atoms with Crippen molar-refractivity contribution in [2.45, 2.75) is 19.9 Å². The minimum absolute atomic E-state index is 0.159. The molecule has 0 aliphatic rings. The zero-order chi connectivity index (χ0) is 12.3. The first-order chi connectivity index (χ1) is 8.18. The molecule has 88 valence electrons. The molecule has 0 bridgehead atoms. The summed E-state index contributed by atoms with van der Waals surface area (Å²) < 4.78 is 0. The van der Waals surface area contributed by atoms with Crippen molar-refractivity contribution in [3.8, 4) is 0 Å². The van der Waals surface area contributed by atoms with Gasteiger partial charge >= 0.3 is 0 Å². The summed E-state index contributed by atoms with van der Waals surface area (Å²) in [5, 5.41) is 4.21. The molecule has 1 aromatic heterocycles. The van der Waals surface area contributed by atoms with Crippen molar-refractivity contribution in [2.24, 2.45) is 0 Å². The quantitative estimate of drug-likeness (QED) is 0.877. The zero-order valence-corrected chi connectivity index (χ0v) is 10.7. The Bertz CT molecular complexity index is 511. The molecule has 0 amide bonds. The summed E-state index contributed by atoms with van der Waals surface area (Å²) in [6.07, 6.45) is 3.63. The van der Waals surface area contributed by atoms with Gasteiger partial charge in [-0.1, -0.05) is 29.8 Å². The summed E-state index contributed by atoms with van der Waals surface area (Å²) in [4.78, 5) is 4.12. The van der Waals surface area contributed by atoms with Crippen LogP contribution in [-0.4, -0.2) is 4.98 Å². The molecule has 17 heavy (non-hydrogen) atoms. The Hall–Kier alpha value is -1.54. The van der Waals surface area contributed by atoms with E-state index in [-0.39, 0.29) is 6.04 Å². The van der Waals surface area contributed by atoms with Crippen molar-refractivity contribution < 1.29 is 0 Å². The van der Waals surface area contributed by atoms with Crippen LogP contribution < -0.4 is 5.32 Å². The van der Waals surface area contributed by atoms with Gasteiger partial charge in [0, 0.05) is 11.2 Å². The number of halogens is 1. The minimum Gasteiger partial charge on any atom is -0.377 e. The fourth-order valence-electron chi connectivity index (χ4n) is 1.75. The maximum atomic E-state index is 6.17. The maximum Gasteiger partial charge on any atom is 0.0561 e. The molecule has 0 saturated carbocycles. The largest absolute Gasteiger partial charge is 0.377 e. The van der Waals surface area contributed by atoms with E-state index >= 15 is 0 Å². The molecule has 1 heterocycles. The van der Waals surface area contributed by atoms with E-state index in [9.17, 15) is 0 Å². The molecule has 2 aromatic rings. The van der Waals surface area contributed by atoms with Gasteiger partial charge in [-0.3, -0.25) is 4.98 Å². The van der Waals surface area contributed by atoms with Crippen LogP contribution >= 0.6 is 11.6 Å². The number of hydrogen-bond acceptors (Lipinski definition) is 2. The third kappa shape index (κ3) is 2.77. The molecular weight excluding hydrogens is 232 g/mol. The fourth-order valence-corrected chi connectivity index (χ4v) is 2.05. The Morgan fingerprint density at radius 2 is 2.00 bits per heavy atom. The standard InChI is InChI=1S/C14H15ClN2/c1-10-7-8-16-9-14(10)17-11(2)12-5-3-4-6-13(12)15/h3-9,11,17H,1-2H3. The number of nitrogens with one attached hydrogen (secondary N) is 1. The van der Waals surface area contributed by atoms with Crippen molar-refractivity contribution in [1.29, 1.82) is 0 Å². The maximum absolute atomic E-state index is 6.17. The molecule has 1 atom stereocenters. The average Bonchev–Trinajstić information content (AvgIpc) is 2.32. The highest BCUT2D eigenvalue weighted by atomic mass is 35.5. The monoisotopic (exact) mass is 246 g/mol. The number of aromatic nitrogens is 1. The van der Waals surface area contributed by atoms with Crippen molar-refractivity contribution in [3.63, 3.8) is 0 Å². The van der Waals surface area contributed by atoms with E-state index in [0.717, 1.165) is 16.3 Å². The van der Waals surface area contributed by atoms with Crippen LogP contribution in [0, 0.1) is 6.92 Å². The lowest BCUT2D eigenvalue weighted by Crippen LogP contribution is -2.08. The molecule has 0 radical (unpaired) electrons. The molecule has 0 aliphatic carbocycles. The fraction of sp³-hybridized carbons (Fsp3) is 0.214. The molecule has 1 aromatic carbocycles. The topological polar surface area (TPSA) is 24.9 Å². The molecule has 0 saturated heterocycles.